The molecule has 0 heterocycles. The molecule has 0 radical (unpaired) electrons. The van der Waals surface area contributed by atoms with Gasteiger partial charge in [0, 0.05) is 16.2 Å². The summed E-state index contributed by atoms with van der Waals surface area (Å²) < 4.78 is 6.03. The van der Waals surface area contributed by atoms with Crippen molar-refractivity contribution in [3.8, 4) is 5.75 Å². The first-order valence-corrected chi connectivity index (χ1v) is 7.40. The molecule has 1 unspecified atom stereocenters. The minimum atomic E-state index is -0.222. The van der Waals surface area contributed by atoms with E-state index in [1.54, 1.807) is 12.1 Å². The molecule has 0 bridgehead atoms. The van der Waals surface area contributed by atoms with Gasteiger partial charge in [-0.05, 0) is 54.5 Å². The van der Waals surface area contributed by atoms with Crippen LogP contribution in [0.25, 0.3) is 0 Å². The van der Waals surface area contributed by atoms with E-state index in [9.17, 15) is 4.79 Å². The second-order valence-corrected chi connectivity index (χ2v) is 5.78. The smallest absolute Gasteiger partial charge is 0.255 e. The molecule has 6 heteroatoms. The van der Waals surface area contributed by atoms with Crippen molar-refractivity contribution in [3.05, 3.63) is 26.3 Å². The predicted octanol–water partition coefficient (Wildman–Crippen LogP) is 2.84. The maximum atomic E-state index is 12.1. The van der Waals surface area contributed by atoms with E-state index in [1.165, 1.54) is 7.11 Å². The molecular formula is C13H17ClINO3. The number of halogens is 2. The Kier molecular flexibility index (Phi) is 6.88. The van der Waals surface area contributed by atoms with E-state index in [0.717, 1.165) is 9.99 Å². The summed E-state index contributed by atoms with van der Waals surface area (Å²) in [7, 11) is 1.52. The number of hydrogen-bond acceptors (Lipinski definition) is 3. The van der Waals surface area contributed by atoms with Crippen molar-refractivity contribution in [2.45, 2.75) is 25.8 Å². The van der Waals surface area contributed by atoms with Crippen molar-refractivity contribution < 1.29 is 14.6 Å². The average molecular weight is 398 g/mol. The number of amides is 1. The van der Waals surface area contributed by atoms with Gasteiger partial charge in [0.1, 0.15) is 5.75 Å². The molecule has 1 rings (SSSR count). The van der Waals surface area contributed by atoms with Crippen LogP contribution in [0, 0.1) is 3.57 Å². The fourth-order valence-electron chi connectivity index (χ4n) is 1.65. The SMILES string of the molecule is COc1cc(I)c(Cl)cc1C(=O)NC(C)CCCO. The van der Waals surface area contributed by atoms with Gasteiger partial charge in [-0.25, -0.2) is 0 Å². The number of ether oxygens (including phenoxy) is 1. The summed E-state index contributed by atoms with van der Waals surface area (Å²) in [6.07, 6.45) is 1.38. The lowest BCUT2D eigenvalue weighted by atomic mass is 10.1. The number of nitrogens with one attached hydrogen (secondary N) is 1. The minimum absolute atomic E-state index is 0.0117. The van der Waals surface area contributed by atoms with Crippen LogP contribution >= 0.6 is 34.2 Å². The number of methoxy groups -OCH3 is 1. The van der Waals surface area contributed by atoms with Crippen LogP contribution in [0.3, 0.4) is 0 Å². The van der Waals surface area contributed by atoms with Crippen LogP contribution in [0.15, 0.2) is 12.1 Å². The molecule has 1 amide bonds. The lowest BCUT2D eigenvalue weighted by Gasteiger charge is -2.15. The number of hydrogen-bond donors (Lipinski definition) is 2. The Morgan fingerprint density at radius 1 is 1.58 bits per heavy atom. The van der Waals surface area contributed by atoms with Crippen LogP contribution in [0.1, 0.15) is 30.1 Å². The number of carbonyl (C=O) groups excluding carboxylic acids is 1. The van der Waals surface area contributed by atoms with Gasteiger partial charge in [-0.15, -0.1) is 0 Å². The van der Waals surface area contributed by atoms with Crippen molar-refractivity contribution in [1.29, 1.82) is 0 Å². The minimum Gasteiger partial charge on any atom is -0.496 e. The summed E-state index contributed by atoms with van der Waals surface area (Å²) in [5.74, 6) is 0.279. The lowest BCUT2D eigenvalue weighted by Crippen LogP contribution is -2.33. The monoisotopic (exact) mass is 397 g/mol. The molecule has 1 atom stereocenters. The molecular weight excluding hydrogens is 381 g/mol. The zero-order valence-corrected chi connectivity index (χ0v) is 13.8. The molecule has 0 aliphatic carbocycles. The van der Waals surface area contributed by atoms with Gasteiger partial charge in [-0.1, -0.05) is 11.6 Å². The summed E-state index contributed by atoms with van der Waals surface area (Å²) in [6.45, 7) is 2.02. The maximum Gasteiger partial charge on any atom is 0.255 e. The largest absolute Gasteiger partial charge is 0.496 e. The van der Waals surface area contributed by atoms with Gasteiger partial charge in [0.05, 0.1) is 17.7 Å². The second kappa shape index (κ2) is 7.91. The van der Waals surface area contributed by atoms with Crippen molar-refractivity contribution in [2.75, 3.05) is 13.7 Å². The Balaban J connectivity index is 2.84. The van der Waals surface area contributed by atoms with Gasteiger partial charge in [0.15, 0.2) is 0 Å². The van der Waals surface area contributed by atoms with Crippen molar-refractivity contribution >= 4 is 40.1 Å². The van der Waals surface area contributed by atoms with E-state index in [1.807, 2.05) is 6.92 Å². The van der Waals surface area contributed by atoms with Crippen LogP contribution in [0.5, 0.6) is 5.75 Å². The molecule has 0 aromatic heterocycles. The van der Waals surface area contributed by atoms with Crippen molar-refractivity contribution in [1.82, 2.24) is 5.32 Å². The Bertz CT molecular complexity index is 454. The molecule has 0 saturated carbocycles. The summed E-state index contributed by atoms with van der Waals surface area (Å²) >= 11 is 8.12. The Morgan fingerprint density at radius 3 is 2.84 bits per heavy atom. The van der Waals surface area contributed by atoms with Crippen LogP contribution in [-0.4, -0.2) is 30.8 Å². The zero-order valence-electron chi connectivity index (χ0n) is 10.9. The standard InChI is InChI=1S/C13H17ClINO3/c1-8(4-3-5-17)16-13(18)9-6-10(14)11(15)7-12(9)19-2/h6-8,17H,3-5H2,1-2H3,(H,16,18). The van der Waals surface area contributed by atoms with Gasteiger partial charge in [0.2, 0.25) is 0 Å². The molecule has 1 aromatic carbocycles. The highest BCUT2D eigenvalue weighted by molar-refractivity contribution is 14.1. The molecule has 0 spiro atoms. The summed E-state index contributed by atoms with van der Waals surface area (Å²) in [4.78, 5) is 12.1. The molecule has 106 valence electrons. The number of rotatable bonds is 6. The van der Waals surface area contributed by atoms with E-state index in [4.69, 9.17) is 21.4 Å². The molecule has 1 aromatic rings. The quantitative estimate of drug-likeness (QED) is 0.726. The highest BCUT2D eigenvalue weighted by atomic mass is 127. The number of carbonyl (C=O) groups is 1. The lowest BCUT2D eigenvalue weighted by molar-refractivity contribution is 0.0933. The third-order valence-electron chi connectivity index (χ3n) is 2.66. The first kappa shape index (κ1) is 16.5. The highest BCUT2D eigenvalue weighted by Gasteiger charge is 2.16. The van der Waals surface area contributed by atoms with Crippen LogP contribution in [0.4, 0.5) is 0 Å². The fraction of sp³-hybridized carbons (Fsp3) is 0.462. The predicted molar refractivity (Wildman–Crippen MR) is 84.0 cm³/mol. The van der Waals surface area contributed by atoms with Crippen molar-refractivity contribution in [3.63, 3.8) is 0 Å². The summed E-state index contributed by atoms with van der Waals surface area (Å²) in [6, 6.07) is 3.33. The van der Waals surface area contributed by atoms with E-state index >= 15 is 0 Å². The fourth-order valence-corrected chi connectivity index (χ4v) is 2.25. The maximum absolute atomic E-state index is 12.1. The third-order valence-corrected chi connectivity index (χ3v) is 4.18. The van der Waals surface area contributed by atoms with Gasteiger partial charge in [-0.2, -0.15) is 0 Å². The molecule has 0 saturated heterocycles. The Hall–Kier alpha value is -0.530. The first-order valence-electron chi connectivity index (χ1n) is 5.94. The normalized spacial score (nSPS) is 12.1. The van der Waals surface area contributed by atoms with Gasteiger partial charge < -0.3 is 15.2 Å². The average Bonchev–Trinajstić information content (AvgIpc) is 2.38. The summed E-state index contributed by atoms with van der Waals surface area (Å²) in [5, 5.41) is 12.1. The Labute approximate surface area is 131 Å². The van der Waals surface area contributed by atoms with E-state index in [0.29, 0.717) is 22.8 Å². The van der Waals surface area contributed by atoms with Gasteiger partial charge in [0.25, 0.3) is 5.91 Å². The number of benzene rings is 1. The van der Waals surface area contributed by atoms with Gasteiger partial charge >= 0.3 is 0 Å². The van der Waals surface area contributed by atoms with E-state index < -0.39 is 0 Å². The van der Waals surface area contributed by atoms with E-state index in [2.05, 4.69) is 27.9 Å². The summed E-state index contributed by atoms with van der Waals surface area (Å²) in [5.41, 5.74) is 0.420. The second-order valence-electron chi connectivity index (χ2n) is 4.21. The van der Waals surface area contributed by atoms with E-state index in [-0.39, 0.29) is 18.6 Å². The molecule has 19 heavy (non-hydrogen) atoms. The molecule has 0 aliphatic rings. The molecule has 2 N–H and O–H groups in total. The van der Waals surface area contributed by atoms with Gasteiger partial charge in [-0.3, -0.25) is 4.79 Å². The molecule has 0 aliphatic heterocycles. The van der Waals surface area contributed by atoms with Crippen LogP contribution in [0.2, 0.25) is 5.02 Å². The Morgan fingerprint density at radius 2 is 2.26 bits per heavy atom. The molecule has 4 nitrogen and oxygen atoms in total. The van der Waals surface area contributed by atoms with Crippen molar-refractivity contribution in [2.24, 2.45) is 0 Å². The number of aliphatic hydroxyl groups is 1. The first-order chi connectivity index (χ1) is 8.99. The topological polar surface area (TPSA) is 58.6 Å². The van der Waals surface area contributed by atoms with Crippen LogP contribution < -0.4 is 10.1 Å². The van der Waals surface area contributed by atoms with Crippen LogP contribution in [-0.2, 0) is 0 Å². The third kappa shape index (κ3) is 4.81. The number of aliphatic hydroxyl groups excluding tert-OH is 1. The highest BCUT2D eigenvalue weighted by Crippen LogP contribution is 2.28. The molecule has 0 fully saturated rings. The zero-order chi connectivity index (χ0) is 14.4.